The monoisotopic (exact) mass is 153 g/mol. The van der Waals surface area contributed by atoms with E-state index in [2.05, 4.69) is 19.1 Å². The lowest BCUT2D eigenvalue weighted by Crippen LogP contribution is -2.10. The molecule has 1 radical (unpaired) electrons. The summed E-state index contributed by atoms with van der Waals surface area (Å²) >= 11 is 0. The van der Waals surface area contributed by atoms with Gasteiger partial charge >= 0.3 is 0 Å². The van der Waals surface area contributed by atoms with Gasteiger partial charge in [0.25, 0.3) is 0 Å². The van der Waals surface area contributed by atoms with E-state index in [-0.39, 0.29) is 0 Å². The van der Waals surface area contributed by atoms with Crippen molar-refractivity contribution in [3.8, 4) is 0 Å². The molecule has 0 bridgehead atoms. The van der Waals surface area contributed by atoms with Gasteiger partial charge in [-0.1, -0.05) is 31.2 Å². The lowest BCUT2D eigenvalue weighted by molar-refractivity contribution is 0.0488. The number of allylic oxidation sites excluding steroid dienone is 3. The van der Waals surface area contributed by atoms with Crippen LogP contribution in [0.3, 0.4) is 0 Å². The van der Waals surface area contributed by atoms with Crippen LogP contribution in [-0.4, -0.2) is 5.60 Å². The average Bonchev–Trinajstić information content (AvgIpc) is 1.85. The molecule has 0 atom stereocenters. The molecule has 0 saturated heterocycles. The molecule has 0 aromatic heterocycles. The number of hydrogen-bond acceptors (Lipinski definition) is 0. The Morgan fingerprint density at radius 3 is 2.27 bits per heavy atom. The molecular formula is C10H17O. The van der Waals surface area contributed by atoms with Crippen LogP contribution in [-0.2, 0) is 5.11 Å². The molecule has 0 fully saturated rings. The van der Waals surface area contributed by atoms with Crippen LogP contribution in [0, 0.1) is 0 Å². The summed E-state index contributed by atoms with van der Waals surface area (Å²) < 4.78 is 0. The summed E-state index contributed by atoms with van der Waals surface area (Å²) in [6.07, 6.45) is 9.73. The summed E-state index contributed by atoms with van der Waals surface area (Å²) in [5.41, 5.74) is -0.917. The van der Waals surface area contributed by atoms with Crippen molar-refractivity contribution < 1.29 is 5.11 Å². The minimum Gasteiger partial charge on any atom is -0.226 e. The van der Waals surface area contributed by atoms with Crippen molar-refractivity contribution >= 4 is 0 Å². The van der Waals surface area contributed by atoms with Crippen molar-refractivity contribution in [3.05, 3.63) is 24.3 Å². The zero-order valence-corrected chi connectivity index (χ0v) is 7.63. The van der Waals surface area contributed by atoms with Crippen LogP contribution < -0.4 is 0 Å². The molecule has 0 rings (SSSR count). The molecule has 0 saturated carbocycles. The molecule has 1 nitrogen and oxygen atoms in total. The van der Waals surface area contributed by atoms with E-state index in [0.717, 1.165) is 12.8 Å². The van der Waals surface area contributed by atoms with Gasteiger partial charge in [0.2, 0.25) is 0 Å². The summed E-state index contributed by atoms with van der Waals surface area (Å²) in [5, 5.41) is 11.0. The molecule has 0 N–H and O–H groups in total. The first-order valence-corrected chi connectivity index (χ1v) is 4.09. The SMILES string of the molecule is CC/C=C/C/C=C/C(C)(C)[O]. The van der Waals surface area contributed by atoms with Crippen LogP contribution >= 0.6 is 0 Å². The van der Waals surface area contributed by atoms with Gasteiger partial charge < -0.3 is 0 Å². The van der Waals surface area contributed by atoms with E-state index in [0.29, 0.717) is 0 Å². The smallest absolute Gasteiger partial charge is 0.116 e. The third-order valence-electron chi connectivity index (χ3n) is 1.19. The lowest BCUT2D eigenvalue weighted by atomic mass is 10.1. The van der Waals surface area contributed by atoms with E-state index >= 15 is 0 Å². The van der Waals surface area contributed by atoms with Crippen molar-refractivity contribution in [2.75, 3.05) is 0 Å². The van der Waals surface area contributed by atoms with Gasteiger partial charge in [-0.25, -0.2) is 5.11 Å². The van der Waals surface area contributed by atoms with Crippen LogP contribution in [0.2, 0.25) is 0 Å². The van der Waals surface area contributed by atoms with Crippen LogP contribution in [0.25, 0.3) is 0 Å². The second-order valence-electron chi connectivity index (χ2n) is 3.12. The van der Waals surface area contributed by atoms with Crippen molar-refractivity contribution in [1.82, 2.24) is 0 Å². The van der Waals surface area contributed by atoms with Crippen LogP contribution in [0.15, 0.2) is 24.3 Å². The van der Waals surface area contributed by atoms with Crippen LogP contribution in [0.4, 0.5) is 0 Å². The van der Waals surface area contributed by atoms with Crippen LogP contribution in [0.1, 0.15) is 33.6 Å². The second-order valence-corrected chi connectivity index (χ2v) is 3.12. The molecule has 0 spiro atoms. The Hall–Kier alpha value is -0.560. The van der Waals surface area contributed by atoms with Crippen molar-refractivity contribution in [1.29, 1.82) is 0 Å². The molecule has 0 aromatic rings. The average molecular weight is 153 g/mol. The summed E-state index contributed by atoms with van der Waals surface area (Å²) in [6.45, 7) is 5.41. The zero-order chi connectivity index (χ0) is 8.74. The fourth-order valence-electron chi connectivity index (χ4n) is 0.693. The molecule has 0 unspecified atom stereocenters. The normalized spacial score (nSPS) is 13.5. The quantitative estimate of drug-likeness (QED) is 0.553. The van der Waals surface area contributed by atoms with E-state index < -0.39 is 5.60 Å². The van der Waals surface area contributed by atoms with Gasteiger partial charge in [0.15, 0.2) is 0 Å². The Kier molecular flexibility index (Phi) is 4.88. The van der Waals surface area contributed by atoms with Gasteiger partial charge in [0.1, 0.15) is 5.60 Å². The third-order valence-corrected chi connectivity index (χ3v) is 1.19. The molecule has 11 heavy (non-hydrogen) atoms. The van der Waals surface area contributed by atoms with E-state index in [1.807, 2.05) is 6.08 Å². The van der Waals surface area contributed by atoms with Crippen molar-refractivity contribution in [3.63, 3.8) is 0 Å². The zero-order valence-electron chi connectivity index (χ0n) is 7.63. The Morgan fingerprint density at radius 1 is 1.18 bits per heavy atom. The maximum Gasteiger partial charge on any atom is 0.116 e. The first-order valence-electron chi connectivity index (χ1n) is 4.09. The molecule has 0 aliphatic carbocycles. The molecule has 1 heteroatoms. The van der Waals surface area contributed by atoms with E-state index in [4.69, 9.17) is 0 Å². The van der Waals surface area contributed by atoms with Crippen LogP contribution in [0.5, 0.6) is 0 Å². The maximum atomic E-state index is 11.0. The molecule has 0 aliphatic heterocycles. The Morgan fingerprint density at radius 2 is 1.82 bits per heavy atom. The van der Waals surface area contributed by atoms with Crippen molar-refractivity contribution in [2.45, 2.75) is 39.2 Å². The standard InChI is InChI=1S/C10H17O/c1-4-5-6-7-8-9-10(2,3)11/h5-6,8-9H,4,7H2,1-3H3/b6-5+,9-8+. The summed E-state index contributed by atoms with van der Waals surface area (Å²) in [7, 11) is 0. The highest BCUT2D eigenvalue weighted by atomic mass is 16.3. The second kappa shape index (κ2) is 5.14. The predicted molar refractivity (Wildman–Crippen MR) is 48.0 cm³/mol. The first kappa shape index (κ1) is 10.4. The topological polar surface area (TPSA) is 19.9 Å². The van der Waals surface area contributed by atoms with Gasteiger partial charge in [0.05, 0.1) is 0 Å². The molecule has 63 valence electrons. The first-order chi connectivity index (χ1) is 5.06. The fourth-order valence-corrected chi connectivity index (χ4v) is 0.693. The molecular weight excluding hydrogens is 136 g/mol. The third kappa shape index (κ3) is 9.44. The van der Waals surface area contributed by atoms with Gasteiger partial charge in [-0.2, -0.15) is 0 Å². The predicted octanol–water partition coefficient (Wildman–Crippen LogP) is 3.11. The highest BCUT2D eigenvalue weighted by Gasteiger charge is 2.07. The molecule has 0 aromatic carbocycles. The van der Waals surface area contributed by atoms with E-state index in [9.17, 15) is 5.11 Å². The fraction of sp³-hybridized carbons (Fsp3) is 0.600. The molecule has 0 aliphatic rings. The summed E-state index contributed by atoms with van der Waals surface area (Å²) in [4.78, 5) is 0. The Labute approximate surface area is 69.4 Å². The van der Waals surface area contributed by atoms with Gasteiger partial charge in [-0.15, -0.1) is 0 Å². The van der Waals surface area contributed by atoms with E-state index in [1.54, 1.807) is 19.9 Å². The van der Waals surface area contributed by atoms with E-state index in [1.165, 1.54) is 0 Å². The number of hydrogen-bond donors (Lipinski definition) is 0. The summed E-state index contributed by atoms with van der Waals surface area (Å²) in [5.74, 6) is 0. The van der Waals surface area contributed by atoms with Gasteiger partial charge in [-0.05, 0) is 26.7 Å². The highest BCUT2D eigenvalue weighted by molar-refractivity contribution is 4.99. The molecule has 0 amide bonds. The Bertz CT molecular complexity index is 137. The number of rotatable bonds is 4. The van der Waals surface area contributed by atoms with Gasteiger partial charge in [0, 0.05) is 0 Å². The van der Waals surface area contributed by atoms with Crippen molar-refractivity contribution in [2.24, 2.45) is 0 Å². The largest absolute Gasteiger partial charge is 0.226 e. The maximum absolute atomic E-state index is 11.0. The molecule has 0 heterocycles. The Balaban J connectivity index is 3.53. The summed E-state index contributed by atoms with van der Waals surface area (Å²) in [6, 6.07) is 0. The van der Waals surface area contributed by atoms with Gasteiger partial charge in [-0.3, -0.25) is 0 Å². The minimum absolute atomic E-state index is 0.875. The lowest BCUT2D eigenvalue weighted by Gasteiger charge is -2.05. The highest BCUT2D eigenvalue weighted by Crippen LogP contribution is 2.04. The minimum atomic E-state index is -0.917.